The van der Waals surface area contributed by atoms with Crippen molar-refractivity contribution in [1.82, 2.24) is 0 Å². The first-order chi connectivity index (χ1) is 14.0. The number of hydrogen-bond donors (Lipinski definition) is 0. The Bertz CT molecular complexity index is 864. The zero-order valence-corrected chi connectivity index (χ0v) is 27.7. The maximum absolute atomic E-state index is 5.58. The summed E-state index contributed by atoms with van der Waals surface area (Å²) in [6.07, 6.45) is 4.07. The molecule has 1 unspecified atom stereocenters. The molecule has 0 spiro atoms. The third-order valence-electron chi connectivity index (χ3n) is 4.73. The van der Waals surface area contributed by atoms with Crippen LogP contribution in [0.4, 0.5) is 0 Å². The van der Waals surface area contributed by atoms with Crippen molar-refractivity contribution in [3.8, 4) is 5.75 Å². The summed E-state index contributed by atoms with van der Waals surface area (Å²) in [5.41, 5.74) is 6.23. The second-order valence-corrected chi connectivity index (χ2v) is 22.9. The van der Waals surface area contributed by atoms with Crippen molar-refractivity contribution in [3.05, 3.63) is 64.9 Å². The molecule has 7 heteroatoms. The van der Waals surface area contributed by atoms with E-state index in [2.05, 4.69) is 139 Å². The summed E-state index contributed by atoms with van der Waals surface area (Å²) >= 11 is 9.54. The van der Waals surface area contributed by atoms with Crippen LogP contribution in [-0.2, 0) is 6.42 Å². The van der Waals surface area contributed by atoms with E-state index in [0.29, 0.717) is 19.2 Å². The summed E-state index contributed by atoms with van der Waals surface area (Å²) in [6, 6.07) is 12.8. The fraction of sp³-hybridized carbons (Fsp3) is 0.364. The summed E-state index contributed by atoms with van der Waals surface area (Å²) in [7, 11) is 0. The van der Waals surface area contributed by atoms with Gasteiger partial charge in [0.2, 0.25) is 0 Å². The Morgan fingerprint density at radius 2 is 1.62 bits per heavy atom. The Balaban J connectivity index is 0.000000238. The second kappa shape index (κ2) is 16.1. The summed E-state index contributed by atoms with van der Waals surface area (Å²) in [4.78, 5) is 0. The monoisotopic (exact) mass is 957 g/mol. The first-order valence-electron chi connectivity index (χ1n) is 9.25. The van der Waals surface area contributed by atoms with Gasteiger partial charge in [-0.05, 0) is 55.5 Å². The molecule has 2 aromatic carbocycles. The molecule has 29 heavy (non-hydrogen) atoms. The van der Waals surface area contributed by atoms with E-state index in [-0.39, 0.29) is 0 Å². The zero-order valence-electron chi connectivity index (χ0n) is 16.9. The molecule has 0 bridgehead atoms. The van der Waals surface area contributed by atoms with E-state index in [1.54, 1.807) is 0 Å². The van der Waals surface area contributed by atoms with Crippen molar-refractivity contribution < 1.29 is 22.4 Å². The van der Waals surface area contributed by atoms with E-state index in [1.807, 2.05) is 6.26 Å². The first-order valence-corrected chi connectivity index (χ1v) is 28.1. The molecule has 0 N–H and O–H groups in total. The molecule has 3 aromatic rings. The Hall–Kier alpha value is 1.43. The molecule has 2 heterocycles. The van der Waals surface area contributed by atoms with Gasteiger partial charge >= 0.3 is 50.5 Å². The molecule has 162 valence electrons. The van der Waals surface area contributed by atoms with Crippen LogP contribution in [0, 0.1) is 13.8 Å². The van der Waals surface area contributed by atoms with Gasteiger partial charge in [-0.1, -0.05) is 38.1 Å². The fourth-order valence-corrected chi connectivity index (χ4v) is 3.19. The van der Waals surface area contributed by atoms with Crippen molar-refractivity contribution >= 4 is 85.4 Å². The summed E-state index contributed by atoms with van der Waals surface area (Å²) in [5.74, 6) is 1.72. The van der Waals surface area contributed by atoms with E-state index in [1.165, 1.54) is 34.1 Å². The molecule has 0 fully saturated rings. The minimum absolute atomic E-state index is 0.530. The van der Waals surface area contributed by atoms with Crippen molar-refractivity contribution in [2.45, 2.75) is 46.5 Å². The Kier molecular flexibility index (Phi) is 15.8. The van der Waals surface area contributed by atoms with Gasteiger partial charge in [-0.2, -0.15) is 0 Å². The third-order valence-corrected chi connectivity index (χ3v) is 4.73. The van der Waals surface area contributed by atoms with E-state index >= 15 is 0 Å². The van der Waals surface area contributed by atoms with Gasteiger partial charge in [0, 0.05) is 54.1 Å². The number of benzene rings is 2. The normalized spacial score (nSPS) is 13.9. The topological polar surface area (TPSA) is 22.4 Å². The summed E-state index contributed by atoms with van der Waals surface area (Å²) in [5, 5.41) is 1.25. The van der Waals surface area contributed by atoms with Gasteiger partial charge in [-0.3, -0.25) is 0 Å². The number of hydrogen-bond acceptors (Lipinski definition) is 2. The Morgan fingerprint density at radius 3 is 2.24 bits per heavy atom. The van der Waals surface area contributed by atoms with Gasteiger partial charge in [-0.25, -0.2) is 0 Å². The number of aryl methyl sites for hydroxylation is 3. The predicted octanol–water partition coefficient (Wildman–Crippen LogP) is 6.73. The Morgan fingerprint density at radius 1 is 1.00 bits per heavy atom. The standard InChI is InChI=1S/C11H14O.C11H12O.I3.I2/c2*1-3-9-7-12-11-6-8(2)4-5-10(9)11;1-3-2;1-2/h4-6,9H,3,7H2,1-2H3;4-7H,3H2,1-2H3;;/q;;-1;. The molecule has 1 aliphatic rings. The van der Waals surface area contributed by atoms with Crippen molar-refractivity contribution in [2.75, 3.05) is 6.61 Å². The van der Waals surface area contributed by atoms with Crippen LogP contribution in [0.2, 0.25) is 0 Å². The van der Waals surface area contributed by atoms with Gasteiger partial charge in [0.25, 0.3) is 0 Å². The minimum atomic E-state index is 0.530. The molecule has 0 saturated heterocycles. The molecule has 2 nitrogen and oxygen atoms in total. The molecule has 1 atom stereocenters. The van der Waals surface area contributed by atoms with E-state index in [0.717, 1.165) is 24.4 Å². The average Bonchev–Trinajstić information content (AvgIpc) is 3.33. The summed E-state index contributed by atoms with van der Waals surface area (Å²) in [6.45, 7) is 9.40. The second-order valence-electron chi connectivity index (χ2n) is 6.63. The van der Waals surface area contributed by atoms with E-state index in [9.17, 15) is 0 Å². The zero-order chi connectivity index (χ0) is 21.8. The number of furan rings is 1. The van der Waals surface area contributed by atoms with Crippen LogP contribution < -0.4 is 18.0 Å². The van der Waals surface area contributed by atoms with Gasteiger partial charge in [0.05, 0.1) is 12.9 Å². The van der Waals surface area contributed by atoms with Crippen LogP contribution in [0.5, 0.6) is 5.75 Å². The Labute approximate surface area is 228 Å². The number of rotatable bonds is 2. The SMILES string of the molecule is CCC1COc2cc(C)ccc21.CCc1coc2cc(C)ccc12.II.I[I-]I. The third kappa shape index (κ3) is 9.06. The fourth-order valence-electron chi connectivity index (χ4n) is 3.19. The summed E-state index contributed by atoms with van der Waals surface area (Å²) < 4.78 is 11.0. The molecule has 4 rings (SSSR count). The van der Waals surface area contributed by atoms with Crippen molar-refractivity contribution in [1.29, 1.82) is 0 Å². The number of ether oxygens (including phenoxy) is 1. The van der Waals surface area contributed by atoms with Crippen LogP contribution in [0.25, 0.3) is 11.0 Å². The predicted molar refractivity (Wildman–Crippen MR) is 156 cm³/mol. The van der Waals surface area contributed by atoms with Gasteiger partial charge in [-0.15, -0.1) is 0 Å². The van der Waals surface area contributed by atoms with Crippen molar-refractivity contribution in [2.24, 2.45) is 0 Å². The molecule has 0 saturated carbocycles. The van der Waals surface area contributed by atoms with Crippen molar-refractivity contribution in [3.63, 3.8) is 0 Å². The van der Waals surface area contributed by atoms with Crippen LogP contribution in [-0.4, -0.2) is 6.61 Å². The van der Waals surface area contributed by atoms with Crippen LogP contribution >= 0.6 is 74.5 Å². The van der Waals surface area contributed by atoms with E-state index in [4.69, 9.17) is 9.15 Å². The molecule has 1 aliphatic heterocycles. The average molecular weight is 957 g/mol. The van der Waals surface area contributed by atoms with E-state index < -0.39 is 0 Å². The molecular weight excluding hydrogens is 931 g/mol. The van der Waals surface area contributed by atoms with Crippen LogP contribution in [0.3, 0.4) is 0 Å². The number of fused-ring (bicyclic) bond motifs is 2. The molecule has 1 aromatic heterocycles. The van der Waals surface area contributed by atoms with Crippen LogP contribution in [0.15, 0.2) is 47.1 Å². The maximum atomic E-state index is 5.58. The molecular formula is C22H26I5O2-. The van der Waals surface area contributed by atoms with Gasteiger partial charge in [0.1, 0.15) is 11.3 Å². The van der Waals surface area contributed by atoms with Gasteiger partial charge in [0.15, 0.2) is 0 Å². The molecule has 0 aliphatic carbocycles. The van der Waals surface area contributed by atoms with Gasteiger partial charge < -0.3 is 9.15 Å². The first kappa shape index (κ1) is 28.5. The number of halogens is 5. The molecule has 0 radical (unpaired) electrons. The van der Waals surface area contributed by atoms with Crippen LogP contribution in [0.1, 0.15) is 48.4 Å². The molecule has 0 amide bonds. The quantitative estimate of drug-likeness (QED) is 0.266.